The number of anilines is 1. The van der Waals surface area contributed by atoms with Crippen LogP contribution in [0.4, 0.5) is 5.00 Å². The molecule has 0 aliphatic rings. The number of benzene rings is 1. The molecule has 27 heavy (non-hydrogen) atoms. The van der Waals surface area contributed by atoms with Crippen LogP contribution in [0, 0.1) is 0 Å². The molecule has 2 aromatic rings. The molecule has 1 amide bonds. The van der Waals surface area contributed by atoms with Gasteiger partial charge in [0.1, 0.15) is 5.00 Å². The van der Waals surface area contributed by atoms with Crippen LogP contribution < -0.4 is 5.32 Å². The first-order chi connectivity index (χ1) is 12.7. The fourth-order valence-electron chi connectivity index (χ4n) is 2.40. The van der Waals surface area contributed by atoms with Gasteiger partial charge in [0, 0.05) is 15.5 Å². The number of rotatable bonds is 8. The number of nitrogens with one attached hydrogen (secondary N) is 1. The van der Waals surface area contributed by atoms with E-state index >= 15 is 0 Å². The van der Waals surface area contributed by atoms with E-state index in [-0.39, 0.29) is 18.2 Å². The number of ketones is 1. The zero-order valence-corrected chi connectivity index (χ0v) is 16.9. The molecule has 1 unspecified atom stereocenters. The van der Waals surface area contributed by atoms with Crippen LogP contribution in [0.2, 0.25) is 5.02 Å². The molecule has 0 spiro atoms. The maximum Gasteiger partial charge on any atom is 0.317 e. The van der Waals surface area contributed by atoms with Gasteiger partial charge >= 0.3 is 5.97 Å². The van der Waals surface area contributed by atoms with Gasteiger partial charge in [-0.15, -0.1) is 11.3 Å². The third-order valence-electron chi connectivity index (χ3n) is 4.14. The molecule has 0 aliphatic heterocycles. The number of carboxylic acids is 1. The first kappa shape index (κ1) is 21.1. The van der Waals surface area contributed by atoms with Gasteiger partial charge < -0.3 is 10.4 Å². The minimum atomic E-state index is -1.01. The summed E-state index contributed by atoms with van der Waals surface area (Å²) in [6, 6.07) is 7.69. The van der Waals surface area contributed by atoms with Crippen molar-refractivity contribution in [3.05, 3.63) is 51.4 Å². The van der Waals surface area contributed by atoms with Gasteiger partial charge in [-0.05, 0) is 50.7 Å². The van der Waals surface area contributed by atoms with E-state index in [0.29, 0.717) is 21.2 Å². The summed E-state index contributed by atoms with van der Waals surface area (Å²) in [5, 5.41) is 12.7. The van der Waals surface area contributed by atoms with Gasteiger partial charge in [-0.3, -0.25) is 19.3 Å². The average molecular weight is 409 g/mol. The average Bonchev–Trinajstić information content (AvgIpc) is 3.03. The number of carboxylic acid groups (broad SMARTS) is 1. The van der Waals surface area contributed by atoms with Crippen molar-refractivity contribution in [1.82, 2.24) is 4.90 Å². The lowest BCUT2D eigenvalue weighted by Gasteiger charge is -2.21. The van der Waals surface area contributed by atoms with E-state index in [0.717, 1.165) is 11.3 Å². The molecule has 0 bridgehead atoms. The summed E-state index contributed by atoms with van der Waals surface area (Å²) in [6.45, 7) is 3.33. The van der Waals surface area contributed by atoms with Crippen LogP contribution in [-0.2, 0) is 16.0 Å². The van der Waals surface area contributed by atoms with Crippen molar-refractivity contribution < 1.29 is 19.5 Å². The highest BCUT2D eigenvalue weighted by atomic mass is 35.5. The Kier molecular flexibility index (Phi) is 7.12. The van der Waals surface area contributed by atoms with Gasteiger partial charge in [-0.1, -0.05) is 18.5 Å². The molecule has 6 nitrogen and oxygen atoms in total. The van der Waals surface area contributed by atoms with E-state index < -0.39 is 12.0 Å². The largest absolute Gasteiger partial charge is 0.480 e. The fourth-order valence-corrected chi connectivity index (χ4v) is 3.52. The number of hydrogen-bond donors (Lipinski definition) is 2. The van der Waals surface area contributed by atoms with E-state index in [9.17, 15) is 14.4 Å². The number of aryl methyl sites for hydroxylation is 1. The number of carbonyl (C=O) groups is 3. The van der Waals surface area contributed by atoms with Crippen molar-refractivity contribution in [2.45, 2.75) is 26.3 Å². The summed E-state index contributed by atoms with van der Waals surface area (Å²) in [6.07, 6.45) is 0.732. The summed E-state index contributed by atoms with van der Waals surface area (Å²) < 4.78 is 0. The van der Waals surface area contributed by atoms with Gasteiger partial charge in [0.25, 0.3) is 0 Å². The molecule has 0 saturated heterocycles. The molecule has 0 fully saturated rings. The van der Waals surface area contributed by atoms with E-state index in [2.05, 4.69) is 5.32 Å². The number of aliphatic carboxylic acids is 1. The van der Waals surface area contributed by atoms with Gasteiger partial charge in [0.2, 0.25) is 5.91 Å². The zero-order chi connectivity index (χ0) is 20.1. The number of halogens is 1. The van der Waals surface area contributed by atoms with Gasteiger partial charge in [-0.2, -0.15) is 0 Å². The van der Waals surface area contributed by atoms with Gasteiger partial charge in [0.05, 0.1) is 18.2 Å². The Labute approximate surface area is 166 Å². The van der Waals surface area contributed by atoms with Crippen LogP contribution in [0.15, 0.2) is 30.3 Å². The third-order valence-corrected chi connectivity index (χ3v) is 5.59. The molecule has 0 aliphatic carbocycles. The lowest BCUT2D eigenvalue weighted by atomic mass is 10.0. The van der Waals surface area contributed by atoms with E-state index in [4.69, 9.17) is 16.7 Å². The SMILES string of the molecule is CCc1cc(C(=O)c2ccc(Cl)cc2)c(NC(=O)C(C)N(C)CC(=O)O)s1. The van der Waals surface area contributed by atoms with Gasteiger partial charge in [0.15, 0.2) is 5.78 Å². The van der Waals surface area contributed by atoms with Crippen molar-refractivity contribution in [2.24, 2.45) is 0 Å². The van der Waals surface area contributed by atoms with Crippen LogP contribution in [0.3, 0.4) is 0 Å². The van der Waals surface area contributed by atoms with Crippen molar-refractivity contribution >= 4 is 45.6 Å². The Hall–Kier alpha value is -2.22. The number of amides is 1. The molecule has 1 heterocycles. The van der Waals surface area contributed by atoms with Crippen LogP contribution in [0.25, 0.3) is 0 Å². The first-order valence-electron chi connectivity index (χ1n) is 8.38. The summed E-state index contributed by atoms with van der Waals surface area (Å²) in [4.78, 5) is 38.6. The third kappa shape index (κ3) is 5.38. The zero-order valence-electron chi connectivity index (χ0n) is 15.3. The molecule has 1 atom stereocenters. The maximum absolute atomic E-state index is 12.9. The number of carbonyl (C=O) groups excluding carboxylic acids is 2. The molecule has 0 saturated carbocycles. The Bertz CT molecular complexity index is 848. The van der Waals surface area contributed by atoms with Crippen LogP contribution in [0.1, 0.15) is 34.6 Å². The quantitative estimate of drug-likeness (QED) is 0.652. The van der Waals surface area contributed by atoms with Gasteiger partial charge in [-0.25, -0.2) is 0 Å². The normalized spacial score (nSPS) is 12.0. The second kappa shape index (κ2) is 9.12. The molecule has 8 heteroatoms. The molecule has 144 valence electrons. The number of hydrogen-bond acceptors (Lipinski definition) is 5. The second-order valence-electron chi connectivity index (χ2n) is 6.12. The van der Waals surface area contributed by atoms with Crippen molar-refractivity contribution in [3.63, 3.8) is 0 Å². The van der Waals surface area contributed by atoms with Crippen LogP contribution in [-0.4, -0.2) is 47.3 Å². The van der Waals surface area contributed by atoms with Crippen LogP contribution >= 0.6 is 22.9 Å². The standard InChI is InChI=1S/C19H21ClN2O4S/c1-4-14-9-15(17(25)12-5-7-13(20)8-6-12)19(27-14)21-18(26)11(2)22(3)10-16(23)24/h5-9,11H,4,10H2,1-3H3,(H,21,26)(H,23,24). The summed E-state index contributed by atoms with van der Waals surface area (Å²) in [5.41, 5.74) is 0.895. The minimum absolute atomic E-state index is 0.204. The highest BCUT2D eigenvalue weighted by molar-refractivity contribution is 7.16. The topological polar surface area (TPSA) is 86.7 Å². The number of nitrogens with zero attached hydrogens (tertiary/aromatic N) is 1. The lowest BCUT2D eigenvalue weighted by Crippen LogP contribution is -2.42. The lowest BCUT2D eigenvalue weighted by molar-refractivity contribution is -0.138. The highest BCUT2D eigenvalue weighted by Crippen LogP contribution is 2.31. The number of likely N-dealkylation sites (N-methyl/N-ethyl adjacent to an activating group) is 1. The summed E-state index contributed by atoms with van der Waals surface area (Å²) in [5.74, 6) is -1.59. The molecule has 2 N–H and O–H groups in total. The highest BCUT2D eigenvalue weighted by Gasteiger charge is 2.24. The molecular formula is C19H21ClN2O4S. The molecule has 1 aromatic heterocycles. The monoisotopic (exact) mass is 408 g/mol. The minimum Gasteiger partial charge on any atom is -0.480 e. The van der Waals surface area contributed by atoms with Crippen molar-refractivity contribution in [2.75, 3.05) is 18.9 Å². The predicted molar refractivity (Wildman–Crippen MR) is 107 cm³/mol. The van der Waals surface area contributed by atoms with Crippen molar-refractivity contribution in [3.8, 4) is 0 Å². The van der Waals surface area contributed by atoms with Crippen molar-refractivity contribution in [1.29, 1.82) is 0 Å². The smallest absolute Gasteiger partial charge is 0.317 e. The van der Waals surface area contributed by atoms with E-state index in [1.54, 1.807) is 44.3 Å². The van der Waals surface area contributed by atoms with E-state index in [1.807, 2.05) is 6.92 Å². The molecular weight excluding hydrogens is 388 g/mol. The Morgan fingerprint density at radius 3 is 2.44 bits per heavy atom. The Balaban J connectivity index is 2.25. The first-order valence-corrected chi connectivity index (χ1v) is 9.58. The molecule has 2 rings (SSSR count). The Morgan fingerprint density at radius 1 is 1.26 bits per heavy atom. The fraction of sp³-hybridized carbons (Fsp3) is 0.316. The summed E-state index contributed by atoms with van der Waals surface area (Å²) in [7, 11) is 1.56. The predicted octanol–water partition coefficient (Wildman–Crippen LogP) is 3.54. The molecule has 1 aromatic carbocycles. The molecule has 0 radical (unpaired) electrons. The van der Waals surface area contributed by atoms with E-state index in [1.165, 1.54) is 16.2 Å². The summed E-state index contributed by atoms with van der Waals surface area (Å²) >= 11 is 7.22. The van der Waals surface area contributed by atoms with Crippen LogP contribution in [0.5, 0.6) is 0 Å². The number of thiophene rings is 1. The second-order valence-corrected chi connectivity index (χ2v) is 7.69. The Morgan fingerprint density at radius 2 is 1.89 bits per heavy atom. The maximum atomic E-state index is 12.9.